The second kappa shape index (κ2) is 11.3. The summed E-state index contributed by atoms with van der Waals surface area (Å²) in [5.41, 5.74) is 1.29. The predicted molar refractivity (Wildman–Crippen MR) is 137 cm³/mol. The van der Waals surface area contributed by atoms with Gasteiger partial charge in [-0.15, -0.1) is 10.2 Å². The molecule has 4 aromatic rings. The normalized spacial score (nSPS) is 13.0. The molecular weight excluding hydrogens is 514 g/mol. The molecule has 38 heavy (non-hydrogen) atoms. The maximum absolute atomic E-state index is 13.7. The fourth-order valence-corrected chi connectivity index (χ4v) is 5.26. The second-order valence-corrected chi connectivity index (χ2v) is 10.1. The van der Waals surface area contributed by atoms with Gasteiger partial charge in [-0.1, -0.05) is 6.92 Å². The number of aromatic nitrogens is 8. The highest BCUT2D eigenvalue weighted by Gasteiger charge is 2.33. The third kappa shape index (κ3) is 5.18. The van der Waals surface area contributed by atoms with Crippen LogP contribution in [0.25, 0.3) is 17.1 Å². The first-order chi connectivity index (χ1) is 18.3. The van der Waals surface area contributed by atoms with Gasteiger partial charge in [0.1, 0.15) is 6.33 Å². The van der Waals surface area contributed by atoms with Crippen molar-refractivity contribution in [2.45, 2.75) is 31.4 Å². The molecule has 15 heteroatoms. The van der Waals surface area contributed by atoms with Crippen LogP contribution in [-0.2, 0) is 10.0 Å². The highest BCUT2D eigenvalue weighted by molar-refractivity contribution is 7.93. The predicted octanol–water partition coefficient (Wildman–Crippen LogP) is 2.26. The largest absolute Gasteiger partial charge is 0.480 e. The van der Waals surface area contributed by atoms with Gasteiger partial charge in [0.15, 0.2) is 11.5 Å². The van der Waals surface area contributed by atoms with E-state index >= 15 is 0 Å². The summed E-state index contributed by atoms with van der Waals surface area (Å²) in [5, 5.41) is 7.48. The Morgan fingerprint density at radius 3 is 2.26 bits per heavy atom. The molecule has 0 saturated carbocycles. The van der Waals surface area contributed by atoms with Crippen molar-refractivity contribution in [3.05, 3.63) is 48.9 Å². The summed E-state index contributed by atoms with van der Waals surface area (Å²) in [5.74, 6) is 0.261. The third-order valence-corrected chi connectivity index (χ3v) is 7.69. The highest BCUT2D eigenvalue weighted by Crippen LogP contribution is 2.35. The lowest BCUT2D eigenvalue weighted by molar-refractivity contribution is 0.368. The van der Waals surface area contributed by atoms with Crippen LogP contribution in [-0.4, -0.2) is 74.7 Å². The molecule has 4 aromatic heterocycles. The molecule has 0 bridgehead atoms. The molecule has 14 nitrogen and oxygen atoms in total. The Labute approximate surface area is 219 Å². The summed E-state index contributed by atoms with van der Waals surface area (Å²) in [6, 6.07) is 3.48. The highest BCUT2D eigenvalue weighted by atomic mass is 32.2. The van der Waals surface area contributed by atoms with E-state index in [9.17, 15) is 8.42 Å². The smallest absolute Gasteiger partial charge is 0.245 e. The maximum Gasteiger partial charge on any atom is 0.245 e. The van der Waals surface area contributed by atoms with Gasteiger partial charge in [0, 0.05) is 23.9 Å². The second-order valence-electron chi connectivity index (χ2n) is 8.02. The summed E-state index contributed by atoms with van der Waals surface area (Å²) >= 11 is 0. The molecule has 0 fully saturated rings. The molecule has 0 saturated heterocycles. The van der Waals surface area contributed by atoms with Gasteiger partial charge in [-0.2, -0.15) is 9.97 Å². The van der Waals surface area contributed by atoms with Crippen molar-refractivity contribution in [3.8, 4) is 34.7 Å². The summed E-state index contributed by atoms with van der Waals surface area (Å²) in [7, 11) is 0.292. The molecule has 0 unspecified atom stereocenters. The van der Waals surface area contributed by atoms with Crippen molar-refractivity contribution in [2.24, 2.45) is 0 Å². The van der Waals surface area contributed by atoms with E-state index in [4.69, 9.17) is 14.2 Å². The van der Waals surface area contributed by atoms with Gasteiger partial charge in [-0.3, -0.25) is 19.3 Å². The molecule has 4 rings (SSSR count). The minimum atomic E-state index is -4.04. The lowest BCUT2D eigenvalue weighted by Crippen LogP contribution is -2.32. The fourth-order valence-electron chi connectivity index (χ4n) is 3.92. The first-order valence-corrected chi connectivity index (χ1v) is 13.1. The number of methoxy groups -OCH3 is 3. The molecule has 4 heterocycles. The molecule has 200 valence electrons. The molecule has 0 aliphatic heterocycles. The van der Waals surface area contributed by atoms with Crippen molar-refractivity contribution in [2.75, 3.05) is 26.1 Å². The number of anilines is 1. The van der Waals surface area contributed by atoms with Crippen molar-refractivity contribution in [1.29, 1.82) is 0 Å². The molecular formula is C23H27N9O5S. The van der Waals surface area contributed by atoms with Gasteiger partial charge in [0.2, 0.25) is 33.6 Å². The topological polar surface area (TPSA) is 169 Å². The lowest BCUT2D eigenvalue weighted by Gasteiger charge is -2.23. The van der Waals surface area contributed by atoms with E-state index < -0.39 is 21.2 Å². The van der Waals surface area contributed by atoms with Crippen LogP contribution in [0.4, 0.5) is 5.95 Å². The quantitative estimate of drug-likeness (QED) is 0.294. The summed E-state index contributed by atoms with van der Waals surface area (Å²) in [6.45, 7) is 3.47. The van der Waals surface area contributed by atoms with Gasteiger partial charge >= 0.3 is 0 Å². The van der Waals surface area contributed by atoms with Crippen LogP contribution in [0, 0.1) is 0 Å². The van der Waals surface area contributed by atoms with Crippen LogP contribution >= 0.6 is 0 Å². The number of sulfonamides is 1. The number of nitrogens with zero attached hydrogens (tertiary/aromatic N) is 8. The number of pyridine rings is 1. The Hall–Kier alpha value is -4.40. The maximum atomic E-state index is 13.7. The van der Waals surface area contributed by atoms with Crippen molar-refractivity contribution >= 4 is 16.0 Å². The van der Waals surface area contributed by atoms with E-state index in [0.717, 1.165) is 0 Å². The van der Waals surface area contributed by atoms with E-state index in [2.05, 4.69) is 39.8 Å². The van der Waals surface area contributed by atoms with Gasteiger partial charge in [-0.25, -0.2) is 13.4 Å². The minimum Gasteiger partial charge on any atom is -0.480 e. The average Bonchev–Trinajstić information content (AvgIpc) is 3.35. The molecule has 2 atom stereocenters. The zero-order valence-electron chi connectivity index (χ0n) is 21.4. The molecule has 1 N–H and O–H groups in total. The van der Waals surface area contributed by atoms with Crippen LogP contribution in [0.5, 0.6) is 17.6 Å². The number of nitrogens with one attached hydrogen (secondary N) is 1. The number of hydrogen-bond acceptors (Lipinski definition) is 12. The number of rotatable bonds is 11. The van der Waals surface area contributed by atoms with Crippen LogP contribution in [0.2, 0.25) is 0 Å². The Morgan fingerprint density at radius 2 is 1.71 bits per heavy atom. The van der Waals surface area contributed by atoms with Gasteiger partial charge in [0.05, 0.1) is 44.7 Å². The Balaban J connectivity index is 1.80. The molecule has 0 radical (unpaired) electrons. The van der Waals surface area contributed by atoms with Crippen molar-refractivity contribution in [1.82, 2.24) is 39.7 Å². The Bertz CT molecular complexity index is 1460. The van der Waals surface area contributed by atoms with E-state index in [-0.39, 0.29) is 29.2 Å². The lowest BCUT2D eigenvalue weighted by atomic mass is 9.99. The molecule has 0 aliphatic rings. The van der Waals surface area contributed by atoms with Gasteiger partial charge < -0.3 is 14.2 Å². The summed E-state index contributed by atoms with van der Waals surface area (Å²) < 4.78 is 47.3. The molecule has 0 aromatic carbocycles. The number of hydrogen-bond donors (Lipinski definition) is 1. The van der Waals surface area contributed by atoms with Crippen molar-refractivity contribution in [3.63, 3.8) is 0 Å². The van der Waals surface area contributed by atoms with Crippen molar-refractivity contribution < 1.29 is 22.6 Å². The van der Waals surface area contributed by atoms with E-state index in [1.54, 1.807) is 31.5 Å². The van der Waals surface area contributed by atoms with Crippen LogP contribution in [0.3, 0.4) is 0 Å². The summed E-state index contributed by atoms with van der Waals surface area (Å²) in [4.78, 5) is 21.0. The monoisotopic (exact) mass is 541 g/mol. The van der Waals surface area contributed by atoms with E-state index in [1.807, 2.05) is 6.92 Å². The zero-order valence-corrected chi connectivity index (χ0v) is 22.2. The van der Waals surface area contributed by atoms with Crippen LogP contribution in [0.15, 0.2) is 43.2 Å². The van der Waals surface area contributed by atoms with Gasteiger partial charge in [0.25, 0.3) is 0 Å². The van der Waals surface area contributed by atoms with E-state index in [1.165, 1.54) is 44.6 Å². The average molecular weight is 542 g/mol. The van der Waals surface area contributed by atoms with Gasteiger partial charge in [-0.05, 0) is 25.5 Å². The zero-order chi connectivity index (χ0) is 27.3. The number of ether oxygens (including phenoxy) is 3. The minimum absolute atomic E-state index is 0.113. The Kier molecular flexibility index (Phi) is 7.95. The standard InChI is InChI=1S/C23H27N9O5S/c1-6-16(17-11-26-18(35-3)12-25-17)14(2)38(33,34)31-23-30-29-20(15-8-7-9-24-10-15)32(23)19-21(36-4)27-13-28-22(19)37-5/h7-14,16H,6H2,1-5H3,(H,30,31)/t14-,16-/m1/s1. The van der Waals surface area contributed by atoms with Crippen LogP contribution < -0.4 is 18.9 Å². The molecule has 0 aliphatic carbocycles. The first kappa shape index (κ1) is 26.7. The summed E-state index contributed by atoms with van der Waals surface area (Å²) in [6.07, 6.45) is 7.90. The fraction of sp³-hybridized carbons (Fsp3) is 0.348. The SMILES string of the molecule is CC[C@@H](c1cnc(OC)cn1)[C@@H](C)S(=O)(=O)Nc1nnc(-c2cccnc2)n1-c1c(OC)ncnc1OC. The molecule has 0 amide bonds. The van der Waals surface area contributed by atoms with Crippen LogP contribution in [0.1, 0.15) is 31.9 Å². The van der Waals surface area contributed by atoms with E-state index in [0.29, 0.717) is 23.6 Å². The Morgan fingerprint density at radius 1 is 0.974 bits per heavy atom. The third-order valence-electron chi connectivity index (χ3n) is 5.91. The first-order valence-electron chi connectivity index (χ1n) is 11.5. The molecule has 0 spiro atoms.